The number of ether oxygens (including phenoxy) is 2. The Morgan fingerprint density at radius 2 is 1.95 bits per heavy atom. The summed E-state index contributed by atoms with van der Waals surface area (Å²) in [4.78, 5) is 11.5. The van der Waals surface area contributed by atoms with E-state index >= 15 is 0 Å². The Balaban J connectivity index is 1.82. The molecule has 0 bridgehead atoms. The average molecular weight is 270 g/mol. The van der Waals surface area contributed by atoms with E-state index in [1.54, 1.807) is 0 Å². The minimum atomic E-state index is -0.0252. The molecule has 0 aromatic carbocycles. The van der Waals surface area contributed by atoms with Gasteiger partial charge in [0.05, 0.1) is 12.7 Å². The summed E-state index contributed by atoms with van der Waals surface area (Å²) in [6.07, 6.45) is 12.6. The van der Waals surface area contributed by atoms with Gasteiger partial charge in [-0.1, -0.05) is 39.0 Å². The molecule has 0 N–H and O–H groups in total. The van der Waals surface area contributed by atoms with Gasteiger partial charge in [-0.15, -0.1) is 0 Å². The van der Waals surface area contributed by atoms with Gasteiger partial charge in [0.15, 0.2) is 0 Å². The second-order valence-electron chi connectivity index (χ2n) is 5.52. The van der Waals surface area contributed by atoms with Crippen LogP contribution in [-0.2, 0) is 14.3 Å². The minimum absolute atomic E-state index is 0.0252. The zero-order valence-corrected chi connectivity index (χ0v) is 12.5. The maximum Gasteiger partial charge on any atom is 0.305 e. The van der Waals surface area contributed by atoms with Crippen molar-refractivity contribution in [1.29, 1.82) is 0 Å². The Hall–Kier alpha value is -0.570. The van der Waals surface area contributed by atoms with E-state index in [-0.39, 0.29) is 5.97 Å². The van der Waals surface area contributed by atoms with Crippen molar-refractivity contribution in [2.24, 2.45) is 0 Å². The third-order valence-electron chi connectivity index (χ3n) is 3.69. The third-order valence-corrected chi connectivity index (χ3v) is 3.69. The summed E-state index contributed by atoms with van der Waals surface area (Å²) >= 11 is 0. The first-order valence-corrected chi connectivity index (χ1v) is 8.10. The average Bonchev–Trinajstić information content (AvgIpc) is 2.92. The molecule has 1 aliphatic heterocycles. The number of carbonyl (C=O) groups is 1. The maximum absolute atomic E-state index is 11.5. The van der Waals surface area contributed by atoms with Crippen molar-refractivity contribution in [3.63, 3.8) is 0 Å². The molecule has 0 spiro atoms. The van der Waals surface area contributed by atoms with E-state index in [1.807, 2.05) is 0 Å². The van der Waals surface area contributed by atoms with Gasteiger partial charge in [0.25, 0.3) is 0 Å². The van der Waals surface area contributed by atoms with Crippen LogP contribution >= 0.6 is 0 Å². The predicted octanol–water partition coefficient (Wildman–Crippen LogP) is 4.24. The Kier molecular flexibility index (Phi) is 9.78. The summed E-state index contributed by atoms with van der Waals surface area (Å²) in [6.45, 7) is 3.69. The normalized spacial score (nSPS) is 18.7. The highest BCUT2D eigenvalue weighted by Crippen LogP contribution is 2.16. The Labute approximate surface area is 118 Å². The summed E-state index contributed by atoms with van der Waals surface area (Å²) in [7, 11) is 0. The van der Waals surface area contributed by atoms with Crippen molar-refractivity contribution in [2.45, 2.75) is 83.7 Å². The lowest BCUT2D eigenvalue weighted by Gasteiger charge is -2.09. The highest BCUT2D eigenvalue weighted by molar-refractivity contribution is 5.69. The van der Waals surface area contributed by atoms with E-state index in [0.717, 1.165) is 32.3 Å². The Bertz CT molecular complexity index is 222. The molecule has 1 atom stereocenters. The monoisotopic (exact) mass is 270 g/mol. The van der Waals surface area contributed by atoms with Crippen LogP contribution in [0.2, 0.25) is 0 Å². The van der Waals surface area contributed by atoms with Crippen LogP contribution in [0.1, 0.15) is 77.6 Å². The number of carbonyl (C=O) groups excluding carboxylic acids is 1. The molecule has 3 heteroatoms. The molecule has 112 valence electrons. The number of rotatable bonds is 11. The molecule has 1 heterocycles. The van der Waals surface area contributed by atoms with Crippen LogP contribution < -0.4 is 0 Å². The summed E-state index contributed by atoms with van der Waals surface area (Å²) in [5, 5.41) is 0. The fourth-order valence-corrected chi connectivity index (χ4v) is 2.49. The number of hydrogen-bond donors (Lipinski definition) is 0. The Morgan fingerprint density at radius 3 is 2.68 bits per heavy atom. The Morgan fingerprint density at radius 1 is 1.16 bits per heavy atom. The highest BCUT2D eigenvalue weighted by Gasteiger charge is 2.14. The molecular formula is C16H30O3. The second kappa shape index (κ2) is 11.3. The molecular weight excluding hydrogens is 240 g/mol. The molecule has 3 nitrogen and oxygen atoms in total. The van der Waals surface area contributed by atoms with E-state index in [1.165, 1.54) is 38.5 Å². The van der Waals surface area contributed by atoms with Gasteiger partial charge in [0.2, 0.25) is 0 Å². The predicted molar refractivity (Wildman–Crippen MR) is 77.2 cm³/mol. The molecule has 19 heavy (non-hydrogen) atoms. The first-order valence-electron chi connectivity index (χ1n) is 8.10. The first kappa shape index (κ1) is 16.5. The zero-order chi connectivity index (χ0) is 13.8. The van der Waals surface area contributed by atoms with Gasteiger partial charge in [0.1, 0.15) is 0 Å². The fourth-order valence-electron chi connectivity index (χ4n) is 2.49. The largest absolute Gasteiger partial charge is 0.466 e. The lowest BCUT2D eigenvalue weighted by atomic mass is 10.1. The van der Waals surface area contributed by atoms with Crippen LogP contribution in [0.25, 0.3) is 0 Å². The minimum Gasteiger partial charge on any atom is -0.466 e. The van der Waals surface area contributed by atoms with Gasteiger partial charge in [-0.3, -0.25) is 4.79 Å². The van der Waals surface area contributed by atoms with E-state index in [2.05, 4.69) is 6.92 Å². The summed E-state index contributed by atoms with van der Waals surface area (Å²) in [5.41, 5.74) is 0. The molecule has 0 amide bonds. The molecule has 0 aliphatic carbocycles. The van der Waals surface area contributed by atoms with Crippen molar-refractivity contribution in [3.8, 4) is 0 Å². The lowest BCUT2D eigenvalue weighted by Crippen LogP contribution is -2.09. The molecule has 0 unspecified atom stereocenters. The van der Waals surface area contributed by atoms with Gasteiger partial charge >= 0.3 is 5.97 Å². The molecule has 0 aromatic heterocycles. The molecule has 1 saturated heterocycles. The number of esters is 1. The van der Waals surface area contributed by atoms with Gasteiger partial charge in [-0.05, 0) is 32.1 Å². The van der Waals surface area contributed by atoms with Crippen molar-refractivity contribution in [3.05, 3.63) is 0 Å². The first-order chi connectivity index (χ1) is 9.33. The van der Waals surface area contributed by atoms with Crippen LogP contribution in [0, 0.1) is 0 Å². The van der Waals surface area contributed by atoms with Gasteiger partial charge in [-0.2, -0.15) is 0 Å². The van der Waals surface area contributed by atoms with E-state index < -0.39 is 0 Å². The fraction of sp³-hybridized carbons (Fsp3) is 0.938. The van der Waals surface area contributed by atoms with Crippen molar-refractivity contribution < 1.29 is 14.3 Å². The van der Waals surface area contributed by atoms with Crippen molar-refractivity contribution in [2.75, 3.05) is 13.2 Å². The molecule has 0 aromatic rings. The quantitative estimate of drug-likeness (QED) is 0.416. The van der Waals surface area contributed by atoms with E-state index in [9.17, 15) is 4.79 Å². The molecule has 0 saturated carbocycles. The van der Waals surface area contributed by atoms with Crippen LogP contribution in [0.4, 0.5) is 0 Å². The number of hydrogen-bond acceptors (Lipinski definition) is 3. The highest BCUT2D eigenvalue weighted by atomic mass is 16.5. The molecule has 1 rings (SSSR count). The summed E-state index contributed by atoms with van der Waals surface area (Å²) in [6, 6.07) is 0. The summed E-state index contributed by atoms with van der Waals surface area (Å²) in [5.74, 6) is -0.0252. The molecule has 1 aliphatic rings. The van der Waals surface area contributed by atoms with Crippen LogP contribution in [0.5, 0.6) is 0 Å². The van der Waals surface area contributed by atoms with Crippen LogP contribution in [0.3, 0.4) is 0 Å². The second-order valence-corrected chi connectivity index (χ2v) is 5.52. The molecule has 0 radical (unpaired) electrons. The summed E-state index contributed by atoms with van der Waals surface area (Å²) < 4.78 is 10.8. The zero-order valence-electron chi connectivity index (χ0n) is 12.5. The molecule has 1 fully saturated rings. The van der Waals surface area contributed by atoms with E-state index in [4.69, 9.17) is 9.47 Å². The van der Waals surface area contributed by atoms with Gasteiger partial charge in [0, 0.05) is 13.0 Å². The SMILES string of the molecule is CCCCCCCCC(=O)OCCC[C@H]1CCCO1. The van der Waals surface area contributed by atoms with Gasteiger partial charge < -0.3 is 9.47 Å². The standard InChI is InChI=1S/C16H30O3/c1-2-3-4-5-6-7-12-16(17)19-14-9-11-15-10-8-13-18-15/h15H,2-14H2,1H3/t15-/m1/s1. The maximum atomic E-state index is 11.5. The third kappa shape index (κ3) is 9.04. The lowest BCUT2D eigenvalue weighted by molar-refractivity contribution is -0.144. The smallest absolute Gasteiger partial charge is 0.305 e. The van der Waals surface area contributed by atoms with Crippen molar-refractivity contribution in [1.82, 2.24) is 0 Å². The topological polar surface area (TPSA) is 35.5 Å². The van der Waals surface area contributed by atoms with Gasteiger partial charge in [-0.25, -0.2) is 0 Å². The number of unbranched alkanes of at least 4 members (excludes halogenated alkanes) is 5. The van der Waals surface area contributed by atoms with Crippen LogP contribution in [0.15, 0.2) is 0 Å². The van der Waals surface area contributed by atoms with Crippen molar-refractivity contribution >= 4 is 5.97 Å². The van der Waals surface area contributed by atoms with E-state index in [0.29, 0.717) is 19.1 Å². The van der Waals surface area contributed by atoms with Crippen LogP contribution in [-0.4, -0.2) is 25.3 Å².